The Labute approximate surface area is 81.4 Å². The van der Waals surface area contributed by atoms with Crippen molar-refractivity contribution in [1.82, 2.24) is 4.98 Å². The summed E-state index contributed by atoms with van der Waals surface area (Å²) in [5.41, 5.74) is 3.73. The van der Waals surface area contributed by atoms with Crippen molar-refractivity contribution >= 4 is 22.6 Å². The second-order valence-electron chi connectivity index (χ2n) is 2.79. The van der Waals surface area contributed by atoms with Gasteiger partial charge in [0.05, 0.1) is 0 Å². The quantitative estimate of drug-likeness (QED) is 0.558. The minimum absolute atomic E-state index is 0.555. The van der Waals surface area contributed by atoms with Gasteiger partial charge < -0.3 is 0 Å². The van der Waals surface area contributed by atoms with Gasteiger partial charge in [-0.05, 0) is 31.9 Å². The highest BCUT2D eigenvalue weighted by molar-refractivity contribution is 14.1. The highest BCUT2D eigenvalue weighted by Crippen LogP contribution is 2.22. The first-order chi connectivity index (χ1) is 5.11. The molecule has 1 rings (SSSR count). The molecular weight excluding hydrogens is 249 g/mol. The lowest BCUT2D eigenvalue weighted by Crippen LogP contribution is -1.91. The Morgan fingerprint density at radius 1 is 1.45 bits per heavy atom. The highest BCUT2D eigenvalue weighted by atomic mass is 127. The van der Waals surface area contributed by atoms with Gasteiger partial charge in [0, 0.05) is 15.8 Å². The summed E-state index contributed by atoms with van der Waals surface area (Å²) in [6.07, 6.45) is 1.96. The number of hydrogen-bond donors (Lipinski definition) is 0. The number of alkyl halides is 1. The van der Waals surface area contributed by atoms with E-state index >= 15 is 0 Å². The van der Waals surface area contributed by atoms with E-state index in [9.17, 15) is 0 Å². The van der Waals surface area contributed by atoms with Crippen LogP contribution in [0.4, 0.5) is 0 Å². The second-order valence-corrected chi connectivity index (χ2v) is 4.66. The van der Waals surface area contributed by atoms with Gasteiger partial charge in [0.1, 0.15) is 0 Å². The molecule has 0 saturated heterocycles. The predicted molar refractivity (Wildman–Crippen MR) is 56.1 cm³/mol. The summed E-state index contributed by atoms with van der Waals surface area (Å²) in [4.78, 5) is 4.30. The lowest BCUT2D eigenvalue weighted by Gasteiger charge is -2.05. The van der Waals surface area contributed by atoms with E-state index in [1.54, 1.807) is 0 Å². The van der Waals surface area contributed by atoms with Gasteiger partial charge in [-0.1, -0.05) is 28.7 Å². The van der Waals surface area contributed by atoms with Gasteiger partial charge in [-0.15, -0.1) is 0 Å². The molecule has 1 aromatic rings. The standard InChI is InChI=1S/C9H12IN/c1-6-4-9(7(2)10)5-11-8(6)3/h4-5,7H,1-3H3. The van der Waals surface area contributed by atoms with Crippen LogP contribution in [0.1, 0.15) is 27.7 Å². The zero-order valence-electron chi connectivity index (χ0n) is 7.06. The third-order valence-corrected chi connectivity index (χ3v) is 2.54. The Morgan fingerprint density at radius 3 is 2.55 bits per heavy atom. The zero-order chi connectivity index (χ0) is 8.43. The molecule has 0 aliphatic rings. The first-order valence-electron chi connectivity index (χ1n) is 3.68. The van der Waals surface area contributed by atoms with Crippen LogP contribution in [0, 0.1) is 13.8 Å². The number of hydrogen-bond acceptors (Lipinski definition) is 1. The van der Waals surface area contributed by atoms with E-state index in [4.69, 9.17) is 0 Å². The van der Waals surface area contributed by atoms with Gasteiger partial charge in [0.15, 0.2) is 0 Å². The van der Waals surface area contributed by atoms with Gasteiger partial charge in [-0.3, -0.25) is 4.98 Å². The molecule has 60 valence electrons. The predicted octanol–water partition coefficient (Wildman–Crippen LogP) is 3.19. The maximum absolute atomic E-state index is 4.30. The monoisotopic (exact) mass is 261 g/mol. The summed E-state index contributed by atoms with van der Waals surface area (Å²) < 4.78 is 0.555. The van der Waals surface area contributed by atoms with Crippen molar-refractivity contribution < 1.29 is 0 Å². The maximum atomic E-state index is 4.30. The van der Waals surface area contributed by atoms with Crippen molar-refractivity contribution in [2.24, 2.45) is 0 Å². The summed E-state index contributed by atoms with van der Waals surface area (Å²) in [7, 11) is 0. The summed E-state index contributed by atoms with van der Waals surface area (Å²) >= 11 is 2.40. The zero-order valence-corrected chi connectivity index (χ0v) is 9.21. The number of aryl methyl sites for hydroxylation is 2. The van der Waals surface area contributed by atoms with E-state index in [1.807, 2.05) is 13.1 Å². The van der Waals surface area contributed by atoms with Crippen LogP contribution in [0.3, 0.4) is 0 Å². The molecule has 1 unspecified atom stereocenters. The van der Waals surface area contributed by atoms with Crippen LogP contribution in [0.15, 0.2) is 12.3 Å². The van der Waals surface area contributed by atoms with Crippen molar-refractivity contribution in [3.63, 3.8) is 0 Å². The summed E-state index contributed by atoms with van der Waals surface area (Å²) in [6.45, 7) is 6.31. The van der Waals surface area contributed by atoms with Gasteiger partial charge >= 0.3 is 0 Å². The average Bonchev–Trinajstić information content (AvgIpc) is 1.94. The topological polar surface area (TPSA) is 12.9 Å². The van der Waals surface area contributed by atoms with Crippen LogP contribution in [-0.2, 0) is 0 Å². The van der Waals surface area contributed by atoms with Gasteiger partial charge in [-0.2, -0.15) is 0 Å². The van der Waals surface area contributed by atoms with E-state index in [2.05, 4.69) is 47.5 Å². The Balaban J connectivity index is 3.05. The molecule has 0 fully saturated rings. The molecule has 0 aliphatic carbocycles. The summed E-state index contributed by atoms with van der Waals surface area (Å²) in [6, 6.07) is 2.21. The first kappa shape index (κ1) is 8.97. The molecule has 0 spiro atoms. The molecule has 0 aliphatic heterocycles. The number of aromatic nitrogens is 1. The molecule has 0 amide bonds. The fourth-order valence-electron chi connectivity index (χ4n) is 0.882. The normalized spacial score (nSPS) is 13.1. The van der Waals surface area contributed by atoms with Crippen LogP contribution in [0.2, 0.25) is 0 Å². The van der Waals surface area contributed by atoms with Crippen molar-refractivity contribution in [3.8, 4) is 0 Å². The Bertz CT molecular complexity index is 256. The molecule has 1 nitrogen and oxygen atoms in total. The third kappa shape index (κ3) is 2.15. The molecule has 1 aromatic heterocycles. The fraction of sp³-hybridized carbons (Fsp3) is 0.444. The van der Waals surface area contributed by atoms with Crippen LogP contribution in [0.5, 0.6) is 0 Å². The van der Waals surface area contributed by atoms with E-state index in [0.29, 0.717) is 3.92 Å². The van der Waals surface area contributed by atoms with Crippen LogP contribution < -0.4 is 0 Å². The molecular formula is C9H12IN. The smallest absolute Gasteiger partial charge is 0.0401 e. The molecule has 11 heavy (non-hydrogen) atoms. The van der Waals surface area contributed by atoms with Gasteiger partial charge in [0.25, 0.3) is 0 Å². The molecule has 1 atom stereocenters. The molecule has 0 bridgehead atoms. The van der Waals surface area contributed by atoms with Crippen LogP contribution in [0.25, 0.3) is 0 Å². The van der Waals surface area contributed by atoms with E-state index in [-0.39, 0.29) is 0 Å². The van der Waals surface area contributed by atoms with Crippen molar-refractivity contribution in [3.05, 3.63) is 29.1 Å². The minimum atomic E-state index is 0.555. The SMILES string of the molecule is Cc1cc(C(C)I)cnc1C. The van der Waals surface area contributed by atoms with Crippen LogP contribution in [-0.4, -0.2) is 4.98 Å². The Hall–Kier alpha value is -0.120. The lowest BCUT2D eigenvalue weighted by molar-refractivity contribution is 1.06. The maximum Gasteiger partial charge on any atom is 0.0401 e. The average molecular weight is 261 g/mol. The minimum Gasteiger partial charge on any atom is -0.261 e. The van der Waals surface area contributed by atoms with Crippen molar-refractivity contribution in [2.45, 2.75) is 24.7 Å². The number of nitrogens with zero attached hydrogens (tertiary/aromatic N) is 1. The largest absolute Gasteiger partial charge is 0.261 e. The first-order valence-corrected chi connectivity index (χ1v) is 4.93. The Morgan fingerprint density at radius 2 is 2.09 bits per heavy atom. The van der Waals surface area contributed by atoms with Gasteiger partial charge in [-0.25, -0.2) is 0 Å². The van der Waals surface area contributed by atoms with E-state index in [1.165, 1.54) is 11.1 Å². The lowest BCUT2D eigenvalue weighted by atomic mass is 10.1. The molecule has 0 N–H and O–H groups in total. The second kappa shape index (κ2) is 3.52. The molecule has 1 heterocycles. The number of pyridine rings is 1. The Kier molecular flexibility index (Phi) is 2.87. The molecule has 2 heteroatoms. The van der Waals surface area contributed by atoms with Gasteiger partial charge in [0.2, 0.25) is 0 Å². The van der Waals surface area contributed by atoms with Crippen molar-refractivity contribution in [1.29, 1.82) is 0 Å². The summed E-state index contributed by atoms with van der Waals surface area (Å²) in [5, 5.41) is 0. The number of halogens is 1. The van der Waals surface area contributed by atoms with E-state index < -0.39 is 0 Å². The number of rotatable bonds is 1. The molecule has 0 aromatic carbocycles. The van der Waals surface area contributed by atoms with Crippen LogP contribution >= 0.6 is 22.6 Å². The summed E-state index contributed by atoms with van der Waals surface area (Å²) in [5.74, 6) is 0. The van der Waals surface area contributed by atoms with Crippen molar-refractivity contribution in [2.75, 3.05) is 0 Å². The van der Waals surface area contributed by atoms with E-state index in [0.717, 1.165) is 5.69 Å². The molecule has 0 radical (unpaired) electrons. The fourth-order valence-corrected chi connectivity index (χ4v) is 1.22. The third-order valence-electron chi connectivity index (χ3n) is 1.82. The molecule has 0 saturated carbocycles. The highest BCUT2D eigenvalue weighted by Gasteiger charge is 2.01.